The minimum Gasteiger partial charge on any atom is -0.497 e. The van der Waals surface area contributed by atoms with E-state index in [1.165, 1.54) is 48.4 Å². The van der Waals surface area contributed by atoms with E-state index in [4.69, 9.17) is 4.74 Å². The molecule has 3 aromatic rings. The van der Waals surface area contributed by atoms with Gasteiger partial charge in [0.2, 0.25) is 11.8 Å². The van der Waals surface area contributed by atoms with Crippen molar-refractivity contribution >= 4 is 27.5 Å². The number of hydrogen-bond acceptors (Lipinski definition) is 5. The number of carbonyl (C=O) groups excluding carboxylic acids is 2. The molecule has 0 radical (unpaired) electrons. The first-order valence-electron chi connectivity index (χ1n) is 12.2. The zero-order chi connectivity index (χ0) is 27.7. The highest BCUT2D eigenvalue weighted by Crippen LogP contribution is 2.26. The molecule has 0 fully saturated rings. The van der Waals surface area contributed by atoms with Gasteiger partial charge in [0.25, 0.3) is 10.0 Å². The summed E-state index contributed by atoms with van der Waals surface area (Å²) in [5, 5.41) is 2.79. The highest BCUT2D eigenvalue weighted by atomic mass is 32.2. The molecule has 10 heteroatoms. The highest BCUT2D eigenvalue weighted by molar-refractivity contribution is 7.92. The topological polar surface area (TPSA) is 96.0 Å². The Kier molecular flexibility index (Phi) is 9.84. The fraction of sp³-hybridized carbons (Fsp3) is 0.286. The smallest absolute Gasteiger partial charge is 0.264 e. The number of nitrogens with zero attached hydrogens (tertiary/aromatic N) is 2. The second-order valence-electron chi connectivity index (χ2n) is 8.64. The van der Waals surface area contributed by atoms with E-state index in [1.807, 2.05) is 37.3 Å². The summed E-state index contributed by atoms with van der Waals surface area (Å²) in [5.74, 6) is -1.01. The fourth-order valence-electron chi connectivity index (χ4n) is 3.77. The molecule has 0 aliphatic rings. The number of rotatable bonds is 12. The summed E-state index contributed by atoms with van der Waals surface area (Å²) in [5.41, 5.74) is 0.889. The number of ether oxygens (including phenoxy) is 1. The third kappa shape index (κ3) is 7.10. The van der Waals surface area contributed by atoms with E-state index in [-0.39, 0.29) is 23.0 Å². The molecule has 38 heavy (non-hydrogen) atoms. The Balaban J connectivity index is 2.00. The molecule has 0 aromatic heterocycles. The second kappa shape index (κ2) is 13.0. The molecule has 0 spiro atoms. The molecule has 0 aliphatic heterocycles. The van der Waals surface area contributed by atoms with E-state index in [2.05, 4.69) is 5.32 Å². The molecular weight excluding hydrogens is 509 g/mol. The molecule has 0 bridgehead atoms. The van der Waals surface area contributed by atoms with Crippen molar-refractivity contribution in [2.24, 2.45) is 0 Å². The molecule has 0 saturated heterocycles. The van der Waals surface area contributed by atoms with Crippen LogP contribution >= 0.6 is 0 Å². The van der Waals surface area contributed by atoms with Crippen LogP contribution in [0, 0.1) is 5.82 Å². The lowest BCUT2D eigenvalue weighted by Crippen LogP contribution is -2.51. The average molecular weight is 542 g/mol. The SMILES string of the molecule is CCCNC(=O)[C@H](C)N(Cc1ccccc1)C(=O)CN(c1ccc(F)cc1)S(=O)(=O)c1ccc(OC)cc1. The van der Waals surface area contributed by atoms with E-state index >= 15 is 0 Å². The van der Waals surface area contributed by atoms with Crippen molar-refractivity contribution < 1.29 is 27.1 Å². The summed E-state index contributed by atoms with van der Waals surface area (Å²) in [6, 6.07) is 18.8. The number of amides is 2. The molecule has 0 saturated carbocycles. The number of carbonyl (C=O) groups is 2. The number of sulfonamides is 1. The predicted octanol–water partition coefficient (Wildman–Crippen LogP) is 3.97. The maximum atomic E-state index is 13.7. The Bertz CT molecular complexity index is 1320. The van der Waals surface area contributed by atoms with Crippen molar-refractivity contribution in [2.45, 2.75) is 37.8 Å². The third-order valence-electron chi connectivity index (χ3n) is 5.95. The largest absolute Gasteiger partial charge is 0.497 e. The van der Waals surface area contributed by atoms with Gasteiger partial charge >= 0.3 is 0 Å². The fourth-order valence-corrected chi connectivity index (χ4v) is 5.18. The Morgan fingerprint density at radius 1 is 0.974 bits per heavy atom. The number of hydrogen-bond donors (Lipinski definition) is 1. The van der Waals surface area contributed by atoms with Crippen LogP contribution in [0.5, 0.6) is 5.75 Å². The van der Waals surface area contributed by atoms with Gasteiger partial charge in [-0.2, -0.15) is 0 Å². The quantitative estimate of drug-likeness (QED) is 0.374. The molecule has 3 rings (SSSR count). The van der Waals surface area contributed by atoms with E-state index in [0.717, 1.165) is 28.4 Å². The summed E-state index contributed by atoms with van der Waals surface area (Å²) in [6.07, 6.45) is 0.726. The number of halogens is 1. The van der Waals surface area contributed by atoms with Crippen LogP contribution < -0.4 is 14.4 Å². The first-order valence-corrected chi connectivity index (χ1v) is 13.6. The van der Waals surface area contributed by atoms with Gasteiger partial charge in [-0.05, 0) is 67.4 Å². The minimum absolute atomic E-state index is 0.0706. The molecule has 2 amide bonds. The molecule has 202 valence electrons. The third-order valence-corrected chi connectivity index (χ3v) is 7.74. The van der Waals surface area contributed by atoms with Gasteiger partial charge in [-0.15, -0.1) is 0 Å². The van der Waals surface area contributed by atoms with Crippen molar-refractivity contribution in [3.8, 4) is 5.75 Å². The van der Waals surface area contributed by atoms with Crippen LogP contribution in [0.25, 0.3) is 0 Å². The van der Waals surface area contributed by atoms with E-state index in [9.17, 15) is 22.4 Å². The standard InChI is InChI=1S/C28H32FN3O5S/c1-4-18-30-28(34)21(2)31(19-22-8-6-5-7-9-22)27(33)20-32(24-12-10-23(29)11-13-24)38(35,36)26-16-14-25(37-3)15-17-26/h5-17,21H,4,18-20H2,1-3H3,(H,30,34)/t21-/m0/s1. The van der Waals surface area contributed by atoms with Gasteiger partial charge < -0.3 is 15.0 Å². The van der Waals surface area contributed by atoms with Gasteiger partial charge in [0.05, 0.1) is 17.7 Å². The lowest BCUT2D eigenvalue weighted by Gasteiger charge is -2.32. The Morgan fingerprint density at radius 3 is 2.18 bits per heavy atom. The van der Waals surface area contributed by atoms with Crippen molar-refractivity contribution in [1.29, 1.82) is 0 Å². The van der Waals surface area contributed by atoms with Crippen molar-refractivity contribution in [1.82, 2.24) is 10.2 Å². The van der Waals surface area contributed by atoms with Crippen LogP contribution in [0.1, 0.15) is 25.8 Å². The van der Waals surface area contributed by atoms with Crippen LogP contribution in [0.15, 0.2) is 83.8 Å². The summed E-state index contributed by atoms with van der Waals surface area (Å²) < 4.78 is 47.2. The average Bonchev–Trinajstić information content (AvgIpc) is 2.93. The van der Waals surface area contributed by atoms with Gasteiger partial charge in [0.15, 0.2) is 0 Å². The number of benzene rings is 3. The highest BCUT2D eigenvalue weighted by Gasteiger charge is 2.32. The molecule has 0 heterocycles. The molecule has 0 unspecified atom stereocenters. The van der Waals surface area contributed by atoms with E-state index < -0.39 is 34.3 Å². The van der Waals surface area contributed by atoms with Gasteiger partial charge in [-0.25, -0.2) is 12.8 Å². The first-order chi connectivity index (χ1) is 18.2. The Labute approximate surface area is 223 Å². The maximum Gasteiger partial charge on any atom is 0.264 e. The van der Waals surface area contributed by atoms with Crippen LogP contribution in [0.4, 0.5) is 10.1 Å². The van der Waals surface area contributed by atoms with Crippen molar-refractivity contribution in [2.75, 3.05) is 24.5 Å². The number of methoxy groups -OCH3 is 1. The predicted molar refractivity (Wildman–Crippen MR) is 144 cm³/mol. The van der Waals surface area contributed by atoms with Crippen molar-refractivity contribution in [3.63, 3.8) is 0 Å². The molecule has 1 atom stereocenters. The molecular formula is C28H32FN3O5S. The maximum absolute atomic E-state index is 13.7. The first kappa shape index (κ1) is 28.6. The van der Waals surface area contributed by atoms with E-state index in [1.54, 1.807) is 6.92 Å². The van der Waals surface area contributed by atoms with Gasteiger partial charge in [-0.3, -0.25) is 13.9 Å². The number of nitrogens with one attached hydrogen (secondary N) is 1. The molecule has 8 nitrogen and oxygen atoms in total. The second-order valence-corrected chi connectivity index (χ2v) is 10.5. The normalized spacial score (nSPS) is 11.9. The molecule has 3 aromatic carbocycles. The van der Waals surface area contributed by atoms with Crippen LogP contribution in [0.2, 0.25) is 0 Å². The molecule has 0 aliphatic carbocycles. The minimum atomic E-state index is -4.25. The zero-order valence-corrected chi connectivity index (χ0v) is 22.4. The zero-order valence-electron chi connectivity index (χ0n) is 21.6. The van der Waals surface area contributed by atoms with Gasteiger partial charge in [0, 0.05) is 13.1 Å². The Morgan fingerprint density at radius 2 is 1.61 bits per heavy atom. The van der Waals surface area contributed by atoms with E-state index in [0.29, 0.717) is 12.3 Å². The van der Waals surface area contributed by atoms with Gasteiger partial charge in [0.1, 0.15) is 24.2 Å². The lowest BCUT2D eigenvalue weighted by atomic mass is 10.1. The summed E-state index contributed by atoms with van der Waals surface area (Å²) in [7, 11) is -2.78. The summed E-state index contributed by atoms with van der Waals surface area (Å²) in [6.45, 7) is 3.47. The monoisotopic (exact) mass is 541 g/mol. The Hall–Kier alpha value is -3.92. The van der Waals surface area contributed by atoms with Crippen LogP contribution in [-0.4, -0.2) is 51.4 Å². The lowest BCUT2D eigenvalue weighted by molar-refractivity contribution is -0.139. The summed E-state index contributed by atoms with van der Waals surface area (Å²) in [4.78, 5) is 27.8. The molecule has 1 N–H and O–H groups in total. The van der Waals surface area contributed by atoms with Crippen LogP contribution in [0.3, 0.4) is 0 Å². The van der Waals surface area contributed by atoms with Gasteiger partial charge in [-0.1, -0.05) is 37.3 Å². The summed E-state index contributed by atoms with van der Waals surface area (Å²) >= 11 is 0. The van der Waals surface area contributed by atoms with Crippen LogP contribution in [-0.2, 0) is 26.2 Å². The number of anilines is 1. The van der Waals surface area contributed by atoms with Crippen molar-refractivity contribution in [3.05, 3.63) is 90.2 Å².